The van der Waals surface area contributed by atoms with Crippen molar-refractivity contribution < 1.29 is 14.3 Å². The Labute approximate surface area is 209 Å². The summed E-state index contributed by atoms with van der Waals surface area (Å²) >= 11 is 0. The van der Waals surface area contributed by atoms with Crippen LogP contribution in [0.3, 0.4) is 0 Å². The number of carbonyl (C=O) groups excluding carboxylic acids is 2. The molecule has 36 heavy (non-hydrogen) atoms. The van der Waals surface area contributed by atoms with Gasteiger partial charge >= 0.3 is 0 Å². The predicted octanol–water partition coefficient (Wildman–Crippen LogP) is 4.78. The highest BCUT2D eigenvalue weighted by atomic mass is 16.5. The highest BCUT2D eigenvalue weighted by molar-refractivity contribution is 6.07. The van der Waals surface area contributed by atoms with Crippen LogP contribution in [0, 0.1) is 6.92 Å². The Balaban J connectivity index is 1.50. The zero-order chi connectivity index (χ0) is 25.8. The summed E-state index contributed by atoms with van der Waals surface area (Å²) in [6.45, 7) is 5.63. The summed E-state index contributed by atoms with van der Waals surface area (Å²) in [5, 5.41) is 5.55. The van der Waals surface area contributed by atoms with Crippen molar-refractivity contribution in [2.75, 3.05) is 10.6 Å². The lowest BCUT2D eigenvalue weighted by Gasteiger charge is -2.11. The summed E-state index contributed by atoms with van der Waals surface area (Å²) in [4.78, 5) is 38.8. The van der Waals surface area contributed by atoms with Crippen LogP contribution in [0.15, 0.2) is 83.7 Å². The number of hydrogen-bond acceptors (Lipinski definition) is 4. The van der Waals surface area contributed by atoms with Gasteiger partial charge in [0.15, 0.2) is 0 Å². The number of ether oxygens (including phenoxy) is 1. The molecule has 0 bridgehead atoms. The fraction of sp³-hybridized carbons (Fsp3) is 0.179. The lowest BCUT2D eigenvalue weighted by molar-refractivity contribution is 0.101. The zero-order valence-electron chi connectivity index (χ0n) is 20.6. The second-order valence-electron chi connectivity index (χ2n) is 8.62. The van der Waals surface area contributed by atoms with Gasteiger partial charge < -0.3 is 15.4 Å². The van der Waals surface area contributed by atoms with Gasteiger partial charge in [-0.2, -0.15) is 0 Å². The quantitative estimate of drug-likeness (QED) is 0.395. The number of anilines is 2. The average molecular weight is 485 g/mol. The topological polar surface area (TPSA) is 94.4 Å². The van der Waals surface area contributed by atoms with E-state index in [0.717, 1.165) is 0 Å². The smallest absolute Gasteiger partial charge is 0.295 e. The van der Waals surface area contributed by atoms with Crippen molar-refractivity contribution in [1.82, 2.24) is 9.36 Å². The molecule has 184 valence electrons. The van der Waals surface area contributed by atoms with Gasteiger partial charge in [0, 0.05) is 23.9 Å². The summed E-state index contributed by atoms with van der Waals surface area (Å²) in [5.74, 6) is -0.0802. The number of benzene rings is 3. The highest BCUT2D eigenvalue weighted by Crippen LogP contribution is 2.18. The minimum atomic E-state index is -0.452. The molecule has 4 rings (SSSR count). The van der Waals surface area contributed by atoms with Crippen LogP contribution in [0.25, 0.3) is 5.69 Å². The van der Waals surface area contributed by atoms with Gasteiger partial charge in [0.05, 0.1) is 17.5 Å². The maximum Gasteiger partial charge on any atom is 0.295 e. The minimum Gasteiger partial charge on any atom is -0.491 e. The molecule has 0 aliphatic carbocycles. The average Bonchev–Trinajstić information content (AvgIpc) is 3.07. The van der Waals surface area contributed by atoms with E-state index in [1.54, 1.807) is 67.2 Å². The maximum absolute atomic E-state index is 13.1. The van der Waals surface area contributed by atoms with Crippen LogP contribution in [-0.4, -0.2) is 27.3 Å². The molecule has 0 saturated carbocycles. The number of nitrogens with one attached hydrogen (secondary N) is 2. The number of hydrogen-bond donors (Lipinski definition) is 2. The third kappa shape index (κ3) is 5.22. The van der Waals surface area contributed by atoms with Gasteiger partial charge in [-0.1, -0.05) is 24.3 Å². The molecule has 0 radical (unpaired) electrons. The first-order valence-corrected chi connectivity index (χ1v) is 11.6. The molecule has 8 nitrogen and oxygen atoms in total. The molecule has 0 fully saturated rings. The molecule has 0 atom stereocenters. The lowest BCUT2D eigenvalue weighted by atomic mass is 10.1. The number of carbonyl (C=O) groups is 2. The molecule has 4 aromatic rings. The van der Waals surface area contributed by atoms with Gasteiger partial charge in [0.1, 0.15) is 11.4 Å². The van der Waals surface area contributed by atoms with Crippen molar-refractivity contribution in [2.45, 2.75) is 26.9 Å². The molecule has 0 saturated heterocycles. The molecule has 8 heteroatoms. The monoisotopic (exact) mass is 484 g/mol. The summed E-state index contributed by atoms with van der Waals surface area (Å²) in [6, 6.07) is 22.6. The predicted molar refractivity (Wildman–Crippen MR) is 140 cm³/mol. The van der Waals surface area contributed by atoms with E-state index in [0.29, 0.717) is 33.9 Å². The summed E-state index contributed by atoms with van der Waals surface area (Å²) in [7, 11) is 1.76. The molecular weight excluding hydrogens is 456 g/mol. The van der Waals surface area contributed by atoms with Crippen LogP contribution in [0.2, 0.25) is 0 Å². The van der Waals surface area contributed by atoms with Gasteiger partial charge in [-0.05, 0) is 75.4 Å². The Morgan fingerprint density at radius 1 is 0.833 bits per heavy atom. The van der Waals surface area contributed by atoms with Gasteiger partial charge in [-0.3, -0.25) is 19.1 Å². The SMILES string of the molecule is Cc1c(NC(=O)c2cccc(NC(=O)c3ccc(OC(C)C)cc3)c2)c(=O)n(-c2ccccc2)n1C. The molecular formula is C28H28N4O4. The Bertz CT molecular complexity index is 1450. The fourth-order valence-electron chi connectivity index (χ4n) is 3.80. The van der Waals surface area contributed by atoms with E-state index < -0.39 is 5.91 Å². The zero-order valence-corrected chi connectivity index (χ0v) is 20.6. The van der Waals surface area contributed by atoms with Gasteiger partial charge in [-0.15, -0.1) is 0 Å². The summed E-state index contributed by atoms with van der Waals surface area (Å²) < 4.78 is 8.80. The van der Waals surface area contributed by atoms with Crippen LogP contribution in [0.4, 0.5) is 11.4 Å². The van der Waals surface area contributed by atoms with E-state index in [1.807, 2.05) is 44.2 Å². The summed E-state index contributed by atoms with van der Waals surface area (Å²) in [5.41, 5.74) is 2.41. The number of amides is 2. The van der Waals surface area contributed by atoms with Crippen molar-refractivity contribution in [2.24, 2.45) is 7.05 Å². The third-order valence-electron chi connectivity index (χ3n) is 5.66. The maximum atomic E-state index is 13.1. The third-order valence-corrected chi connectivity index (χ3v) is 5.66. The largest absolute Gasteiger partial charge is 0.491 e. The van der Waals surface area contributed by atoms with Crippen LogP contribution in [0.1, 0.15) is 40.3 Å². The van der Waals surface area contributed by atoms with Crippen molar-refractivity contribution in [1.29, 1.82) is 0 Å². The second-order valence-corrected chi connectivity index (χ2v) is 8.62. The Kier molecular flexibility index (Phi) is 7.05. The first kappa shape index (κ1) is 24.5. The molecule has 0 spiro atoms. The van der Waals surface area contributed by atoms with Crippen LogP contribution in [0.5, 0.6) is 5.75 Å². The van der Waals surface area contributed by atoms with Gasteiger partial charge in [0.2, 0.25) is 0 Å². The molecule has 2 amide bonds. The Morgan fingerprint density at radius 2 is 1.50 bits per heavy atom. The molecule has 0 unspecified atom stereocenters. The molecule has 3 aromatic carbocycles. The van der Waals surface area contributed by atoms with Crippen molar-refractivity contribution in [3.63, 3.8) is 0 Å². The lowest BCUT2D eigenvalue weighted by Crippen LogP contribution is -2.23. The Hall–Kier alpha value is -4.59. The minimum absolute atomic E-state index is 0.0412. The van der Waals surface area contributed by atoms with Crippen LogP contribution >= 0.6 is 0 Å². The first-order chi connectivity index (χ1) is 17.2. The van der Waals surface area contributed by atoms with Crippen LogP contribution < -0.4 is 20.9 Å². The van der Waals surface area contributed by atoms with E-state index in [9.17, 15) is 14.4 Å². The first-order valence-electron chi connectivity index (χ1n) is 11.6. The summed E-state index contributed by atoms with van der Waals surface area (Å²) in [6.07, 6.45) is 0.0412. The molecule has 1 heterocycles. The number of para-hydroxylation sites is 1. The van der Waals surface area contributed by atoms with Gasteiger partial charge in [0.25, 0.3) is 17.4 Å². The molecule has 0 aliphatic heterocycles. The van der Waals surface area contributed by atoms with Crippen molar-refractivity contribution >= 4 is 23.2 Å². The highest BCUT2D eigenvalue weighted by Gasteiger charge is 2.19. The van der Waals surface area contributed by atoms with E-state index in [1.165, 1.54) is 4.68 Å². The standard InChI is InChI=1S/C28H28N4O4/c1-18(2)36-24-15-13-20(14-16-24)26(33)29-22-10-8-9-21(17-22)27(34)30-25-19(3)31(4)32(28(25)35)23-11-6-5-7-12-23/h5-18H,1-4H3,(H,29,33)(H,30,34). The van der Waals surface area contributed by atoms with E-state index in [2.05, 4.69) is 10.6 Å². The number of rotatable bonds is 7. The van der Waals surface area contributed by atoms with Crippen molar-refractivity contribution in [3.05, 3.63) is 106 Å². The molecule has 1 aromatic heterocycles. The van der Waals surface area contributed by atoms with Crippen molar-refractivity contribution in [3.8, 4) is 11.4 Å². The number of aromatic nitrogens is 2. The van der Waals surface area contributed by atoms with E-state index >= 15 is 0 Å². The molecule has 2 N–H and O–H groups in total. The fourth-order valence-corrected chi connectivity index (χ4v) is 3.80. The molecule has 0 aliphatic rings. The van der Waals surface area contributed by atoms with E-state index in [4.69, 9.17) is 4.74 Å². The van der Waals surface area contributed by atoms with Crippen LogP contribution in [-0.2, 0) is 7.05 Å². The Morgan fingerprint density at radius 3 is 2.17 bits per heavy atom. The second kappa shape index (κ2) is 10.4. The number of nitrogens with zero attached hydrogens (tertiary/aromatic N) is 2. The van der Waals surface area contributed by atoms with Gasteiger partial charge in [-0.25, -0.2) is 4.68 Å². The van der Waals surface area contributed by atoms with E-state index in [-0.39, 0.29) is 23.3 Å². The normalized spacial score (nSPS) is 10.8.